The van der Waals surface area contributed by atoms with E-state index in [-0.39, 0.29) is 17.6 Å². The Morgan fingerprint density at radius 1 is 1.60 bits per heavy atom. The highest BCUT2D eigenvalue weighted by Gasteiger charge is 2.26. The average molecular weight is 205 g/mol. The van der Waals surface area contributed by atoms with Gasteiger partial charge in [0.2, 0.25) is 0 Å². The van der Waals surface area contributed by atoms with Gasteiger partial charge in [0.1, 0.15) is 0 Å². The second kappa shape index (κ2) is 3.53. The molecule has 76 valence electrons. The van der Waals surface area contributed by atoms with Gasteiger partial charge in [-0.05, 0) is 28.8 Å². The molecule has 1 aliphatic rings. The minimum absolute atomic E-state index is 0.0314. The topological polar surface area (TPSA) is 89.0 Å². The van der Waals surface area contributed by atoms with E-state index in [0.717, 1.165) is 12.8 Å². The third-order valence-electron chi connectivity index (χ3n) is 1.95. The van der Waals surface area contributed by atoms with E-state index in [1.165, 1.54) is 12.1 Å². The zero-order chi connectivity index (χ0) is 10.8. The molecule has 1 heterocycles. The number of nitrogens with zero attached hydrogens (tertiary/aromatic N) is 3. The molecule has 0 amide bonds. The highest BCUT2D eigenvalue weighted by atomic mass is 16.6. The number of hydrogen-bond donors (Lipinski definition) is 0. The zero-order valence-electron chi connectivity index (χ0n) is 7.71. The number of pyridine rings is 1. The number of nitro groups is 1. The first-order valence-electron chi connectivity index (χ1n) is 4.43. The summed E-state index contributed by atoms with van der Waals surface area (Å²) >= 11 is 0. The standard InChI is InChI=1S/C9H7N3O3/c10-5-7-8(15-6-1-2-6)3-4-9(11-7)12(13)14/h3-4,6H,1-2H2. The minimum atomic E-state index is -0.637. The van der Waals surface area contributed by atoms with Crippen molar-refractivity contribution in [1.29, 1.82) is 5.26 Å². The van der Waals surface area contributed by atoms with E-state index < -0.39 is 4.92 Å². The van der Waals surface area contributed by atoms with Crippen LogP contribution in [0.2, 0.25) is 0 Å². The fraction of sp³-hybridized carbons (Fsp3) is 0.333. The first-order valence-corrected chi connectivity index (χ1v) is 4.43. The van der Waals surface area contributed by atoms with E-state index in [1.807, 2.05) is 0 Å². The monoisotopic (exact) mass is 205 g/mol. The lowest BCUT2D eigenvalue weighted by Crippen LogP contribution is -2.01. The van der Waals surface area contributed by atoms with E-state index in [0.29, 0.717) is 5.75 Å². The molecule has 2 rings (SSSR count). The molecule has 0 bridgehead atoms. The van der Waals surface area contributed by atoms with Crippen molar-refractivity contribution < 1.29 is 9.66 Å². The second-order valence-corrected chi connectivity index (χ2v) is 3.20. The molecule has 0 radical (unpaired) electrons. The van der Waals surface area contributed by atoms with Crippen molar-refractivity contribution in [3.05, 3.63) is 27.9 Å². The Morgan fingerprint density at radius 3 is 2.87 bits per heavy atom. The summed E-state index contributed by atoms with van der Waals surface area (Å²) in [6, 6.07) is 4.44. The van der Waals surface area contributed by atoms with Crippen LogP contribution in [-0.2, 0) is 0 Å². The number of hydrogen-bond acceptors (Lipinski definition) is 5. The fourth-order valence-corrected chi connectivity index (χ4v) is 1.08. The lowest BCUT2D eigenvalue weighted by Gasteiger charge is -2.02. The molecule has 1 aromatic rings. The Morgan fingerprint density at radius 2 is 2.33 bits per heavy atom. The van der Waals surface area contributed by atoms with Gasteiger partial charge in [-0.25, -0.2) is 0 Å². The molecule has 6 heteroatoms. The molecular formula is C9H7N3O3. The number of nitriles is 1. The van der Waals surface area contributed by atoms with Crippen LogP contribution < -0.4 is 4.74 Å². The summed E-state index contributed by atoms with van der Waals surface area (Å²) in [5.41, 5.74) is -0.0314. The number of aromatic nitrogens is 1. The van der Waals surface area contributed by atoms with Crippen LogP contribution in [0.3, 0.4) is 0 Å². The number of ether oxygens (including phenoxy) is 1. The van der Waals surface area contributed by atoms with Crippen LogP contribution in [0.25, 0.3) is 0 Å². The third-order valence-corrected chi connectivity index (χ3v) is 1.95. The summed E-state index contributed by atoms with van der Waals surface area (Å²) in [7, 11) is 0. The lowest BCUT2D eigenvalue weighted by molar-refractivity contribution is -0.389. The molecule has 1 fully saturated rings. The molecule has 1 aromatic heterocycles. The van der Waals surface area contributed by atoms with Crippen LogP contribution in [0, 0.1) is 21.4 Å². The summed E-state index contributed by atoms with van der Waals surface area (Å²) in [6.07, 6.45) is 2.06. The van der Waals surface area contributed by atoms with Gasteiger partial charge in [0.05, 0.1) is 6.10 Å². The predicted octanol–water partition coefficient (Wildman–Crippen LogP) is 1.40. The van der Waals surface area contributed by atoms with Crippen molar-refractivity contribution in [2.24, 2.45) is 0 Å². The van der Waals surface area contributed by atoms with E-state index in [4.69, 9.17) is 10.00 Å². The Labute approximate surface area is 85.3 Å². The van der Waals surface area contributed by atoms with Gasteiger partial charge in [0, 0.05) is 6.07 Å². The van der Waals surface area contributed by atoms with Crippen LogP contribution in [0.5, 0.6) is 5.75 Å². The zero-order valence-corrected chi connectivity index (χ0v) is 7.71. The van der Waals surface area contributed by atoms with Crippen molar-refractivity contribution in [2.45, 2.75) is 18.9 Å². The van der Waals surface area contributed by atoms with Gasteiger partial charge in [0.25, 0.3) is 5.69 Å². The Balaban J connectivity index is 2.30. The van der Waals surface area contributed by atoms with E-state index in [9.17, 15) is 10.1 Å². The van der Waals surface area contributed by atoms with Crippen LogP contribution in [0.1, 0.15) is 18.5 Å². The van der Waals surface area contributed by atoms with Gasteiger partial charge in [-0.15, -0.1) is 0 Å². The van der Waals surface area contributed by atoms with Crippen LogP contribution in [-0.4, -0.2) is 16.0 Å². The van der Waals surface area contributed by atoms with Crippen molar-refractivity contribution in [3.63, 3.8) is 0 Å². The summed E-state index contributed by atoms with van der Waals surface area (Å²) in [5.74, 6) is -0.0136. The first kappa shape index (κ1) is 9.40. The lowest BCUT2D eigenvalue weighted by atomic mass is 10.3. The summed E-state index contributed by atoms with van der Waals surface area (Å²) in [4.78, 5) is 13.4. The normalized spacial score (nSPS) is 14.3. The maximum atomic E-state index is 10.4. The minimum Gasteiger partial charge on any atom is -0.485 e. The average Bonchev–Trinajstić information content (AvgIpc) is 3.02. The van der Waals surface area contributed by atoms with Crippen LogP contribution in [0.15, 0.2) is 12.1 Å². The maximum absolute atomic E-state index is 10.4. The van der Waals surface area contributed by atoms with Gasteiger partial charge in [-0.1, -0.05) is 0 Å². The molecule has 15 heavy (non-hydrogen) atoms. The first-order chi connectivity index (χ1) is 7.20. The summed E-state index contributed by atoms with van der Waals surface area (Å²) < 4.78 is 5.37. The molecule has 0 unspecified atom stereocenters. The molecule has 0 aromatic carbocycles. The van der Waals surface area contributed by atoms with Crippen LogP contribution in [0.4, 0.5) is 5.82 Å². The molecular weight excluding hydrogens is 198 g/mol. The second-order valence-electron chi connectivity index (χ2n) is 3.20. The van der Waals surface area contributed by atoms with E-state index in [2.05, 4.69) is 4.98 Å². The Hall–Kier alpha value is -2.16. The Kier molecular flexibility index (Phi) is 2.21. The SMILES string of the molecule is N#Cc1nc([N+](=O)[O-])ccc1OC1CC1. The molecule has 0 spiro atoms. The molecule has 1 aliphatic carbocycles. The fourth-order valence-electron chi connectivity index (χ4n) is 1.08. The van der Waals surface area contributed by atoms with Gasteiger partial charge >= 0.3 is 5.82 Å². The van der Waals surface area contributed by atoms with E-state index >= 15 is 0 Å². The molecule has 6 nitrogen and oxygen atoms in total. The van der Waals surface area contributed by atoms with Gasteiger partial charge < -0.3 is 14.9 Å². The smallest absolute Gasteiger partial charge is 0.365 e. The molecule has 0 N–H and O–H groups in total. The number of rotatable bonds is 3. The van der Waals surface area contributed by atoms with Crippen molar-refractivity contribution in [2.75, 3.05) is 0 Å². The Bertz CT molecular complexity index is 448. The van der Waals surface area contributed by atoms with Gasteiger partial charge in [0.15, 0.2) is 11.8 Å². The van der Waals surface area contributed by atoms with Crippen molar-refractivity contribution in [1.82, 2.24) is 4.98 Å². The van der Waals surface area contributed by atoms with Crippen LogP contribution >= 0.6 is 0 Å². The highest BCUT2D eigenvalue weighted by Crippen LogP contribution is 2.29. The van der Waals surface area contributed by atoms with Crippen molar-refractivity contribution >= 4 is 5.82 Å². The largest absolute Gasteiger partial charge is 0.485 e. The van der Waals surface area contributed by atoms with E-state index in [1.54, 1.807) is 6.07 Å². The summed E-state index contributed by atoms with van der Waals surface area (Å²) in [6.45, 7) is 0. The van der Waals surface area contributed by atoms with Gasteiger partial charge in [-0.3, -0.25) is 0 Å². The van der Waals surface area contributed by atoms with Crippen molar-refractivity contribution in [3.8, 4) is 11.8 Å². The summed E-state index contributed by atoms with van der Waals surface area (Å²) in [5, 5.41) is 19.2. The third kappa shape index (κ3) is 2.02. The maximum Gasteiger partial charge on any atom is 0.365 e. The predicted molar refractivity (Wildman–Crippen MR) is 49.3 cm³/mol. The molecule has 0 saturated heterocycles. The highest BCUT2D eigenvalue weighted by molar-refractivity contribution is 5.41. The quantitative estimate of drug-likeness (QED) is 0.549. The molecule has 0 atom stereocenters. The van der Waals surface area contributed by atoms with Gasteiger partial charge in [-0.2, -0.15) is 5.26 Å². The molecule has 1 saturated carbocycles. The molecule has 0 aliphatic heterocycles.